The van der Waals surface area contributed by atoms with Crippen LogP contribution in [0.15, 0.2) is 48.4 Å². The summed E-state index contributed by atoms with van der Waals surface area (Å²) in [6.45, 7) is 6.02. The van der Waals surface area contributed by atoms with Gasteiger partial charge in [0.1, 0.15) is 5.82 Å². The fraction of sp³-hybridized carbons (Fsp3) is 0.483. The SMILES string of the molecule is C=CC(=O)CC1CCC(Nc2nc(Nc3ccc(CC4CCN(C)CC4)cc3)nc3ccsc23)CC1. The van der Waals surface area contributed by atoms with Gasteiger partial charge in [0, 0.05) is 18.2 Å². The number of benzene rings is 1. The number of ketones is 1. The van der Waals surface area contributed by atoms with Crippen LogP contribution < -0.4 is 10.6 Å². The lowest BCUT2D eigenvalue weighted by Crippen LogP contribution is -2.30. The first-order chi connectivity index (χ1) is 17.6. The van der Waals surface area contributed by atoms with E-state index in [0.29, 0.717) is 24.3 Å². The zero-order chi connectivity index (χ0) is 24.9. The number of allylic oxidation sites excluding steroid dienone is 1. The lowest BCUT2D eigenvalue weighted by Gasteiger charge is -2.29. The van der Waals surface area contributed by atoms with Crippen molar-refractivity contribution in [1.29, 1.82) is 0 Å². The van der Waals surface area contributed by atoms with Gasteiger partial charge in [-0.2, -0.15) is 4.98 Å². The molecule has 2 N–H and O–H groups in total. The maximum Gasteiger partial charge on any atom is 0.229 e. The molecule has 3 aromatic rings. The maximum absolute atomic E-state index is 11.7. The fourth-order valence-electron chi connectivity index (χ4n) is 5.54. The molecule has 2 aromatic heterocycles. The number of hydrogen-bond acceptors (Lipinski definition) is 7. The molecule has 3 heterocycles. The molecule has 1 saturated carbocycles. The standard InChI is InChI=1S/C29H37N5OS/c1-3-25(35)19-21-6-8-23(9-7-21)30-28-27-26(14-17-36-27)32-29(33-28)31-24-10-4-20(5-11-24)18-22-12-15-34(2)16-13-22/h3-5,10-11,14,17,21-23H,1,6-9,12-13,15-16,18-19H2,2H3,(H2,30,31,32,33). The van der Waals surface area contributed by atoms with Gasteiger partial charge in [0.15, 0.2) is 5.78 Å². The molecule has 7 heteroatoms. The molecule has 1 aliphatic carbocycles. The first-order valence-electron chi connectivity index (χ1n) is 13.3. The van der Waals surface area contributed by atoms with Crippen molar-refractivity contribution in [2.45, 2.75) is 57.4 Å². The van der Waals surface area contributed by atoms with E-state index in [1.807, 2.05) is 0 Å². The summed E-state index contributed by atoms with van der Waals surface area (Å²) < 4.78 is 1.10. The Labute approximate surface area is 218 Å². The van der Waals surface area contributed by atoms with Gasteiger partial charge in [-0.15, -0.1) is 11.3 Å². The Kier molecular flexibility index (Phi) is 7.97. The number of aromatic nitrogens is 2. The van der Waals surface area contributed by atoms with Crippen LogP contribution in [0.4, 0.5) is 17.5 Å². The third kappa shape index (κ3) is 6.31. The molecule has 0 radical (unpaired) electrons. The summed E-state index contributed by atoms with van der Waals surface area (Å²) in [4.78, 5) is 23.8. The average molecular weight is 504 g/mol. The predicted octanol–water partition coefficient (Wildman–Crippen LogP) is 6.44. The molecule has 2 aliphatic rings. The third-order valence-electron chi connectivity index (χ3n) is 7.78. The molecule has 0 atom stereocenters. The Hall–Kier alpha value is -2.77. The van der Waals surface area contributed by atoms with Crippen molar-refractivity contribution in [2.75, 3.05) is 30.8 Å². The average Bonchev–Trinajstić information content (AvgIpc) is 3.37. The lowest BCUT2D eigenvalue weighted by molar-refractivity contribution is -0.115. The zero-order valence-electron chi connectivity index (χ0n) is 21.2. The number of rotatable bonds is 9. The second kappa shape index (κ2) is 11.5. The number of nitrogens with zero attached hydrogens (tertiary/aromatic N) is 3. The Bertz CT molecular complexity index is 1170. The van der Waals surface area contributed by atoms with Crippen LogP contribution in [-0.4, -0.2) is 46.8 Å². The van der Waals surface area contributed by atoms with E-state index in [9.17, 15) is 4.79 Å². The summed E-state index contributed by atoms with van der Waals surface area (Å²) in [5.74, 6) is 2.95. The molecule has 5 rings (SSSR count). The summed E-state index contributed by atoms with van der Waals surface area (Å²) in [6.07, 6.45) is 10.0. The normalized spacial score (nSPS) is 21.4. The molecule has 1 aromatic carbocycles. The lowest BCUT2D eigenvalue weighted by atomic mass is 9.83. The van der Waals surface area contributed by atoms with E-state index in [1.54, 1.807) is 11.3 Å². The van der Waals surface area contributed by atoms with Gasteiger partial charge in [-0.05, 0) is 112 Å². The topological polar surface area (TPSA) is 70.2 Å². The van der Waals surface area contributed by atoms with E-state index >= 15 is 0 Å². The summed E-state index contributed by atoms with van der Waals surface area (Å²) in [6, 6.07) is 11.2. The number of piperidine rings is 1. The van der Waals surface area contributed by atoms with Crippen LogP contribution in [0.1, 0.15) is 50.5 Å². The molecular formula is C29H37N5OS. The highest BCUT2D eigenvalue weighted by Gasteiger charge is 2.24. The van der Waals surface area contributed by atoms with Gasteiger partial charge in [-0.3, -0.25) is 4.79 Å². The summed E-state index contributed by atoms with van der Waals surface area (Å²) in [5, 5.41) is 9.19. The minimum absolute atomic E-state index is 0.160. The maximum atomic E-state index is 11.7. The van der Waals surface area contributed by atoms with Gasteiger partial charge in [0.2, 0.25) is 5.95 Å². The van der Waals surface area contributed by atoms with Crippen molar-refractivity contribution < 1.29 is 4.79 Å². The van der Waals surface area contributed by atoms with Crippen LogP contribution in [-0.2, 0) is 11.2 Å². The van der Waals surface area contributed by atoms with Crippen molar-refractivity contribution in [1.82, 2.24) is 14.9 Å². The fourth-order valence-corrected chi connectivity index (χ4v) is 6.33. The molecular weight excluding hydrogens is 466 g/mol. The van der Waals surface area contributed by atoms with E-state index in [1.165, 1.54) is 37.6 Å². The number of fused-ring (bicyclic) bond motifs is 1. The highest BCUT2D eigenvalue weighted by Crippen LogP contribution is 2.33. The summed E-state index contributed by atoms with van der Waals surface area (Å²) in [7, 11) is 2.21. The second-order valence-corrected chi connectivity index (χ2v) is 11.5. The van der Waals surface area contributed by atoms with Gasteiger partial charge in [0.05, 0.1) is 10.2 Å². The van der Waals surface area contributed by atoms with Crippen LogP contribution in [0, 0.1) is 11.8 Å². The molecule has 0 spiro atoms. The molecule has 2 fully saturated rings. The molecule has 0 bridgehead atoms. The van der Waals surface area contributed by atoms with E-state index in [2.05, 4.69) is 64.9 Å². The highest BCUT2D eigenvalue weighted by atomic mass is 32.1. The van der Waals surface area contributed by atoms with Crippen LogP contribution >= 0.6 is 11.3 Å². The number of carbonyl (C=O) groups is 1. The number of thiophene rings is 1. The van der Waals surface area contributed by atoms with Crippen molar-refractivity contribution in [3.63, 3.8) is 0 Å². The van der Waals surface area contributed by atoms with Crippen molar-refractivity contribution in [2.24, 2.45) is 11.8 Å². The summed E-state index contributed by atoms with van der Waals surface area (Å²) >= 11 is 1.67. The molecule has 1 aliphatic heterocycles. The molecule has 6 nitrogen and oxygen atoms in total. The van der Waals surface area contributed by atoms with Crippen molar-refractivity contribution in [3.8, 4) is 0 Å². The number of likely N-dealkylation sites (tertiary alicyclic amines) is 1. The smallest absolute Gasteiger partial charge is 0.229 e. The molecule has 1 saturated heterocycles. The number of anilines is 3. The van der Waals surface area contributed by atoms with Crippen molar-refractivity contribution in [3.05, 3.63) is 53.9 Å². The Morgan fingerprint density at radius 3 is 2.53 bits per heavy atom. The first kappa shape index (κ1) is 24.9. The Morgan fingerprint density at radius 2 is 1.81 bits per heavy atom. The van der Waals surface area contributed by atoms with Gasteiger partial charge >= 0.3 is 0 Å². The minimum Gasteiger partial charge on any atom is -0.366 e. The molecule has 190 valence electrons. The van der Waals surface area contributed by atoms with Crippen LogP contribution in [0.2, 0.25) is 0 Å². The largest absolute Gasteiger partial charge is 0.366 e. The van der Waals surface area contributed by atoms with Gasteiger partial charge < -0.3 is 15.5 Å². The zero-order valence-corrected chi connectivity index (χ0v) is 22.0. The molecule has 0 unspecified atom stereocenters. The minimum atomic E-state index is 0.160. The Balaban J connectivity index is 1.22. The highest BCUT2D eigenvalue weighted by molar-refractivity contribution is 7.17. The first-order valence-corrected chi connectivity index (χ1v) is 14.1. The number of nitrogens with one attached hydrogen (secondary N) is 2. The number of carbonyl (C=O) groups excluding carboxylic acids is 1. The van der Waals surface area contributed by atoms with Crippen LogP contribution in [0.25, 0.3) is 10.2 Å². The predicted molar refractivity (Wildman–Crippen MR) is 150 cm³/mol. The molecule has 0 amide bonds. The van der Waals surface area contributed by atoms with Crippen LogP contribution in [0.3, 0.4) is 0 Å². The van der Waals surface area contributed by atoms with E-state index in [4.69, 9.17) is 9.97 Å². The van der Waals surface area contributed by atoms with Gasteiger partial charge in [-0.25, -0.2) is 4.98 Å². The monoisotopic (exact) mass is 503 g/mol. The van der Waals surface area contributed by atoms with Gasteiger partial charge in [-0.1, -0.05) is 18.7 Å². The van der Waals surface area contributed by atoms with E-state index < -0.39 is 0 Å². The van der Waals surface area contributed by atoms with E-state index in [0.717, 1.165) is 59.7 Å². The number of hydrogen-bond donors (Lipinski definition) is 2. The Morgan fingerprint density at radius 1 is 1.06 bits per heavy atom. The van der Waals surface area contributed by atoms with E-state index in [-0.39, 0.29) is 5.78 Å². The molecule has 36 heavy (non-hydrogen) atoms. The third-order valence-corrected chi connectivity index (χ3v) is 8.69. The second-order valence-electron chi connectivity index (χ2n) is 10.5. The van der Waals surface area contributed by atoms with Crippen molar-refractivity contribution >= 4 is 44.8 Å². The summed E-state index contributed by atoms with van der Waals surface area (Å²) in [5.41, 5.74) is 3.37. The quantitative estimate of drug-likeness (QED) is 0.328. The van der Waals surface area contributed by atoms with Gasteiger partial charge in [0.25, 0.3) is 0 Å². The van der Waals surface area contributed by atoms with Crippen LogP contribution in [0.5, 0.6) is 0 Å².